The highest BCUT2D eigenvalue weighted by Gasteiger charge is 2.01. The summed E-state index contributed by atoms with van der Waals surface area (Å²) >= 11 is 3.10. The van der Waals surface area contributed by atoms with E-state index in [9.17, 15) is 4.39 Å². The van der Waals surface area contributed by atoms with Crippen LogP contribution in [0, 0.1) is 5.82 Å². The van der Waals surface area contributed by atoms with E-state index in [1.165, 1.54) is 6.07 Å². The summed E-state index contributed by atoms with van der Waals surface area (Å²) in [5.41, 5.74) is 0. The van der Waals surface area contributed by atoms with Crippen molar-refractivity contribution < 1.29 is 9.13 Å². The first-order valence-corrected chi connectivity index (χ1v) is 5.45. The molecule has 6 heteroatoms. The van der Waals surface area contributed by atoms with Crippen LogP contribution in [0.3, 0.4) is 0 Å². The van der Waals surface area contributed by atoms with Gasteiger partial charge in [0.05, 0.1) is 11.0 Å². The first-order chi connectivity index (χ1) is 7.75. The van der Waals surface area contributed by atoms with Gasteiger partial charge in [-0.2, -0.15) is 0 Å². The highest BCUT2D eigenvalue weighted by Crippen LogP contribution is 2.21. The summed E-state index contributed by atoms with van der Waals surface area (Å²) in [6.45, 7) is 1.14. The molecule has 0 saturated carbocycles. The first kappa shape index (κ1) is 11.1. The van der Waals surface area contributed by atoms with Gasteiger partial charge in [0.15, 0.2) is 0 Å². The van der Waals surface area contributed by atoms with Crippen molar-refractivity contribution in [3.8, 4) is 5.75 Å². The lowest BCUT2D eigenvalue weighted by molar-refractivity contribution is 0.297. The van der Waals surface area contributed by atoms with Crippen LogP contribution >= 0.6 is 15.9 Å². The minimum absolute atomic E-state index is 0.300. The second-order valence-corrected chi connectivity index (χ2v) is 3.98. The molecule has 2 aromatic rings. The Morgan fingerprint density at radius 3 is 2.75 bits per heavy atom. The summed E-state index contributed by atoms with van der Waals surface area (Å²) in [6, 6.07) is 4.55. The average molecular weight is 286 g/mol. The topological polar surface area (TPSA) is 39.9 Å². The zero-order valence-corrected chi connectivity index (χ0v) is 9.89. The standard InChI is InChI=1S/C10H9BrFN3O/c11-9-5-8(1-2-10(9)12)16-4-3-15-6-13-14-7-15/h1-2,5-7H,3-4H2. The first-order valence-electron chi connectivity index (χ1n) is 4.66. The molecular formula is C10H9BrFN3O. The molecule has 0 aliphatic heterocycles. The predicted molar refractivity (Wildman–Crippen MR) is 59.6 cm³/mol. The molecule has 0 N–H and O–H groups in total. The van der Waals surface area contributed by atoms with Gasteiger partial charge in [-0.15, -0.1) is 10.2 Å². The Kier molecular flexibility index (Phi) is 3.51. The summed E-state index contributed by atoms with van der Waals surface area (Å²) in [5.74, 6) is 0.326. The van der Waals surface area contributed by atoms with Crippen molar-refractivity contribution in [2.24, 2.45) is 0 Å². The number of hydrogen-bond acceptors (Lipinski definition) is 3. The van der Waals surface area contributed by atoms with Crippen LogP contribution in [0.15, 0.2) is 35.3 Å². The summed E-state index contributed by atoms with van der Waals surface area (Å²) in [7, 11) is 0. The number of aromatic nitrogens is 3. The van der Waals surface area contributed by atoms with E-state index in [0.29, 0.717) is 23.4 Å². The normalized spacial score (nSPS) is 10.4. The van der Waals surface area contributed by atoms with Gasteiger partial charge in [-0.1, -0.05) is 0 Å². The lowest BCUT2D eigenvalue weighted by atomic mass is 10.3. The molecule has 0 bridgehead atoms. The molecule has 0 aliphatic rings. The summed E-state index contributed by atoms with van der Waals surface area (Å²) in [4.78, 5) is 0. The van der Waals surface area contributed by atoms with Crippen molar-refractivity contribution in [1.29, 1.82) is 0 Å². The van der Waals surface area contributed by atoms with E-state index in [1.807, 2.05) is 0 Å². The molecule has 2 rings (SSSR count). The maximum Gasteiger partial charge on any atom is 0.137 e. The summed E-state index contributed by atoms with van der Waals surface area (Å²) in [5, 5.41) is 7.35. The molecule has 1 aromatic carbocycles. The van der Waals surface area contributed by atoms with Crippen molar-refractivity contribution >= 4 is 15.9 Å². The van der Waals surface area contributed by atoms with Crippen LogP contribution < -0.4 is 4.74 Å². The van der Waals surface area contributed by atoms with Crippen molar-refractivity contribution in [1.82, 2.24) is 14.8 Å². The van der Waals surface area contributed by atoms with Gasteiger partial charge in [0.1, 0.15) is 30.8 Å². The van der Waals surface area contributed by atoms with Crippen LogP contribution in [-0.4, -0.2) is 21.4 Å². The third-order valence-electron chi connectivity index (χ3n) is 1.98. The fourth-order valence-corrected chi connectivity index (χ4v) is 1.53. The van der Waals surface area contributed by atoms with Crippen molar-refractivity contribution in [3.63, 3.8) is 0 Å². The number of nitrogens with zero attached hydrogens (tertiary/aromatic N) is 3. The quantitative estimate of drug-likeness (QED) is 0.865. The highest BCUT2D eigenvalue weighted by molar-refractivity contribution is 9.10. The Labute approximate surface area is 100 Å². The SMILES string of the molecule is Fc1ccc(OCCn2cnnc2)cc1Br. The number of halogens is 2. The summed E-state index contributed by atoms with van der Waals surface area (Å²) in [6.07, 6.45) is 3.23. The van der Waals surface area contributed by atoms with Gasteiger partial charge in [-0.05, 0) is 34.1 Å². The van der Waals surface area contributed by atoms with Crippen molar-refractivity contribution in [2.75, 3.05) is 6.61 Å². The molecule has 0 aliphatic carbocycles. The fraction of sp³-hybridized carbons (Fsp3) is 0.200. The molecular weight excluding hydrogens is 277 g/mol. The largest absolute Gasteiger partial charge is 0.492 e. The molecule has 84 valence electrons. The number of ether oxygens (including phenoxy) is 1. The Morgan fingerprint density at radius 1 is 1.31 bits per heavy atom. The van der Waals surface area contributed by atoms with E-state index in [4.69, 9.17) is 4.74 Å². The molecule has 0 radical (unpaired) electrons. The third kappa shape index (κ3) is 2.79. The Hall–Kier alpha value is -1.43. The maximum atomic E-state index is 12.9. The lowest BCUT2D eigenvalue weighted by Gasteiger charge is -2.06. The van der Waals surface area contributed by atoms with Gasteiger partial charge in [-0.3, -0.25) is 0 Å². The number of benzene rings is 1. The molecule has 0 unspecified atom stereocenters. The fourth-order valence-electron chi connectivity index (χ4n) is 1.17. The minimum atomic E-state index is -0.300. The number of hydrogen-bond donors (Lipinski definition) is 0. The molecule has 0 saturated heterocycles. The van der Waals surface area contributed by atoms with E-state index >= 15 is 0 Å². The monoisotopic (exact) mass is 285 g/mol. The van der Waals surface area contributed by atoms with Crippen LogP contribution in [0.2, 0.25) is 0 Å². The molecule has 16 heavy (non-hydrogen) atoms. The Balaban J connectivity index is 1.87. The van der Waals surface area contributed by atoms with Gasteiger partial charge < -0.3 is 9.30 Å². The van der Waals surface area contributed by atoms with Crippen LogP contribution in [0.1, 0.15) is 0 Å². The zero-order valence-electron chi connectivity index (χ0n) is 8.31. The van der Waals surface area contributed by atoms with E-state index in [0.717, 1.165) is 0 Å². The summed E-state index contributed by atoms with van der Waals surface area (Å²) < 4.78 is 20.6. The predicted octanol–water partition coefficient (Wildman–Crippen LogP) is 2.26. The van der Waals surface area contributed by atoms with Gasteiger partial charge >= 0.3 is 0 Å². The van der Waals surface area contributed by atoms with Gasteiger partial charge in [0, 0.05) is 0 Å². The van der Waals surface area contributed by atoms with Gasteiger partial charge in [0.2, 0.25) is 0 Å². The van der Waals surface area contributed by atoms with Crippen LogP contribution in [0.25, 0.3) is 0 Å². The van der Waals surface area contributed by atoms with E-state index in [1.54, 1.807) is 29.4 Å². The second kappa shape index (κ2) is 5.07. The van der Waals surface area contributed by atoms with Crippen molar-refractivity contribution in [3.05, 3.63) is 41.1 Å². The van der Waals surface area contributed by atoms with Crippen molar-refractivity contribution in [2.45, 2.75) is 6.54 Å². The van der Waals surface area contributed by atoms with Crippen LogP contribution in [-0.2, 0) is 6.54 Å². The van der Waals surface area contributed by atoms with E-state index < -0.39 is 0 Å². The van der Waals surface area contributed by atoms with Gasteiger partial charge in [-0.25, -0.2) is 4.39 Å². The molecule has 0 spiro atoms. The average Bonchev–Trinajstić information content (AvgIpc) is 2.76. The van der Waals surface area contributed by atoms with Crippen LogP contribution in [0.5, 0.6) is 5.75 Å². The zero-order chi connectivity index (χ0) is 11.4. The molecule has 0 fully saturated rings. The molecule has 1 heterocycles. The molecule has 4 nitrogen and oxygen atoms in total. The van der Waals surface area contributed by atoms with E-state index in [-0.39, 0.29) is 5.82 Å². The smallest absolute Gasteiger partial charge is 0.137 e. The highest BCUT2D eigenvalue weighted by atomic mass is 79.9. The van der Waals surface area contributed by atoms with Crippen LogP contribution in [0.4, 0.5) is 4.39 Å². The van der Waals surface area contributed by atoms with Gasteiger partial charge in [0.25, 0.3) is 0 Å². The maximum absolute atomic E-state index is 12.9. The molecule has 1 aromatic heterocycles. The second-order valence-electron chi connectivity index (χ2n) is 3.12. The lowest BCUT2D eigenvalue weighted by Crippen LogP contribution is -2.06. The van der Waals surface area contributed by atoms with E-state index in [2.05, 4.69) is 26.1 Å². The Morgan fingerprint density at radius 2 is 2.06 bits per heavy atom. The third-order valence-corrected chi connectivity index (χ3v) is 2.58. The number of rotatable bonds is 4. The Bertz CT molecular complexity index is 461. The molecule has 0 amide bonds. The molecule has 0 atom stereocenters. The minimum Gasteiger partial charge on any atom is -0.492 e.